The number of nitrogen functional groups attached to an aromatic ring is 2. The number of nitrogens with zero attached hydrogens (tertiary/aromatic N) is 1. The molecule has 1 aromatic carbocycles. The minimum Gasteiger partial charge on any atom is -0.410 e. The highest BCUT2D eigenvalue weighted by molar-refractivity contribution is 5.72. The van der Waals surface area contributed by atoms with E-state index in [1.165, 1.54) is 11.0 Å². The number of anilines is 2. The van der Waals surface area contributed by atoms with Crippen molar-refractivity contribution in [1.82, 2.24) is 4.90 Å². The maximum Gasteiger partial charge on any atom is 0.414 e. The van der Waals surface area contributed by atoms with Crippen molar-refractivity contribution in [2.45, 2.75) is 0 Å². The van der Waals surface area contributed by atoms with Crippen LogP contribution in [0.1, 0.15) is 0 Å². The second-order valence-corrected chi connectivity index (χ2v) is 3.05. The fraction of sp³-hybridized carbons (Fsp3) is 0.222. The minimum atomic E-state index is -0.450. The Bertz CT molecular complexity index is 350. The molecule has 0 spiro atoms. The number of rotatable bonds is 1. The Kier molecular flexibility index (Phi) is 2.81. The zero-order valence-electron chi connectivity index (χ0n) is 8.15. The van der Waals surface area contributed by atoms with Gasteiger partial charge in [-0.3, -0.25) is 0 Å². The Hall–Kier alpha value is -1.91. The smallest absolute Gasteiger partial charge is 0.410 e. The summed E-state index contributed by atoms with van der Waals surface area (Å²) in [6.07, 6.45) is -0.450. The SMILES string of the molecule is CN(C)C(=O)Oc1ccc(N)c(N)c1. The number of benzene rings is 1. The third-order valence-corrected chi connectivity index (χ3v) is 1.63. The van der Waals surface area contributed by atoms with Gasteiger partial charge in [-0.1, -0.05) is 0 Å². The van der Waals surface area contributed by atoms with Gasteiger partial charge in [0.25, 0.3) is 0 Å². The lowest BCUT2D eigenvalue weighted by Crippen LogP contribution is -2.25. The lowest BCUT2D eigenvalue weighted by atomic mass is 10.2. The molecule has 5 nitrogen and oxygen atoms in total. The zero-order chi connectivity index (χ0) is 10.7. The average molecular weight is 195 g/mol. The number of amides is 1. The molecule has 4 N–H and O–H groups in total. The van der Waals surface area contributed by atoms with E-state index in [0.29, 0.717) is 17.1 Å². The lowest BCUT2D eigenvalue weighted by Gasteiger charge is -2.11. The van der Waals surface area contributed by atoms with E-state index < -0.39 is 6.09 Å². The van der Waals surface area contributed by atoms with Crippen molar-refractivity contribution in [2.75, 3.05) is 25.6 Å². The third kappa shape index (κ3) is 2.29. The summed E-state index contributed by atoms with van der Waals surface area (Å²) in [4.78, 5) is 12.5. The lowest BCUT2D eigenvalue weighted by molar-refractivity contribution is 0.172. The molecule has 0 aliphatic carbocycles. The summed E-state index contributed by atoms with van der Waals surface area (Å²) in [5.74, 6) is 0.385. The molecule has 76 valence electrons. The van der Waals surface area contributed by atoms with Crippen molar-refractivity contribution in [1.29, 1.82) is 0 Å². The molecule has 0 bridgehead atoms. The second kappa shape index (κ2) is 3.87. The number of hydrogen-bond donors (Lipinski definition) is 2. The van der Waals surface area contributed by atoms with Crippen LogP contribution >= 0.6 is 0 Å². The molecule has 1 amide bonds. The molecule has 0 atom stereocenters. The van der Waals surface area contributed by atoms with Crippen LogP contribution in [-0.4, -0.2) is 25.1 Å². The number of nitrogens with two attached hydrogens (primary N) is 2. The summed E-state index contributed by atoms with van der Waals surface area (Å²) in [7, 11) is 3.20. The number of carbonyl (C=O) groups excluding carboxylic acids is 1. The topological polar surface area (TPSA) is 81.6 Å². The highest BCUT2D eigenvalue weighted by Gasteiger charge is 2.07. The van der Waals surface area contributed by atoms with Crippen molar-refractivity contribution in [3.8, 4) is 5.75 Å². The van der Waals surface area contributed by atoms with Crippen LogP contribution in [0.3, 0.4) is 0 Å². The molecular weight excluding hydrogens is 182 g/mol. The Balaban J connectivity index is 2.78. The first-order valence-electron chi connectivity index (χ1n) is 4.05. The Morgan fingerprint density at radius 1 is 1.29 bits per heavy atom. The average Bonchev–Trinajstić information content (AvgIpc) is 2.11. The molecule has 5 heteroatoms. The van der Waals surface area contributed by atoms with Crippen LogP contribution in [0.5, 0.6) is 5.75 Å². The highest BCUT2D eigenvalue weighted by Crippen LogP contribution is 2.21. The predicted octanol–water partition coefficient (Wildman–Crippen LogP) is 0.911. The van der Waals surface area contributed by atoms with Crippen LogP contribution in [0, 0.1) is 0 Å². The van der Waals surface area contributed by atoms with Gasteiger partial charge in [0.15, 0.2) is 0 Å². The van der Waals surface area contributed by atoms with E-state index in [4.69, 9.17) is 16.2 Å². The summed E-state index contributed by atoms with van der Waals surface area (Å²) >= 11 is 0. The first-order chi connectivity index (χ1) is 6.50. The third-order valence-electron chi connectivity index (χ3n) is 1.63. The molecule has 1 rings (SSSR count). The normalized spacial score (nSPS) is 9.57. The number of ether oxygens (including phenoxy) is 1. The molecule has 0 saturated carbocycles. The summed E-state index contributed by atoms with van der Waals surface area (Å²) in [6, 6.07) is 4.69. The summed E-state index contributed by atoms with van der Waals surface area (Å²) in [5.41, 5.74) is 11.9. The summed E-state index contributed by atoms with van der Waals surface area (Å²) in [6.45, 7) is 0. The summed E-state index contributed by atoms with van der Waals surface area (Å²) in [5, 5.41) is 0. The van der Waals surface area contributed by atoms with E-state index in [9.17, 15) is 4.79 Å². The number of hydrogen-bond acceptors (Lipinski definition) is 4. The standard InChI is InChI=1S/C9H13N3O2/c1-12(2)9(13)14-6-3-4-7(10)8(11)5-6/h3-5H,10-11H2,1-2H3. The molecule has 0 heterocycles. The largest absolute Gasteiger partial charge is 0.414 e. The monoisotopic (exact) mass is 195 g/mol. The first kappa shape index (κ1) is 10.2. The van der Waals surface area contributed by atoms with Crippen molar-refractivity contribution >= 4 is 17.5 Å². The second-order valence-electron chi connectivity index (χ2n) is 3.05. The van der Waals surface area contributed by atoms with Crippen LogP contribution in [0.2, 0.25) is 0 Å². The molecule has 0 radical (unpaired) electrons. The van der Waals surface area contributed by atoms with Gasteiger partial charge in [-0.05, 0) is 12.1 Å². The maximum atomic E-state index is 11.1. The Morgan fingerprint density at radius 2 is 1.93 bits per heavy atom. The molecule has 0 saturated heterocycles. The van der Waals surface area contributed by atoms with Crippen LogP contribution in [0.15, 0.2) is 18.2 Å². The molecule has 0 aliphatic heterocycles. The van der Waals surface area contributed by atoms with E-state index in [1.54, 1.807) is 26.2 Å². The molecule has 1 aromatic rings. The number of carbonyl (C=O) groups is 1. The van der Waals surface area contributed by atoms with Gasteiger partial charge in [-0.2, -0.15) is 0 Å². The van der Waals surface area contributed by atoms with Crippen LogP contribution in [-0.2, 0) is 0 Å². The Morgan fingerprint density at radius 3 is 2.43 bits per heavy atom. The van der Waals surface area contributed by atoms with Gasteiger partial charge in [-0.15, -0.1) is 0 Å². The van der Waals surface area contributed by atoms with Gasteiger partial charge < -0.3 is 21.1 Å². The molecule has 0 fully saturated rings. The quantitative estimate of drug-likeness (QED) is 0.652. The maximum absolute atomic E-state index is 11.1. The molecule has 0 unspecified atom stereocenters. The zero-order valence-corrected chi connectivity index (χ0v) is 8.15. The van der Waals surface area contributed by atoms with Gasteiger partial charge in [0.1, 0.15) is 5.75 Å². The fourth-order valence-electron chi connectivity index (χ4n) is 0.808. The fourth-order valence-corrected chi connectivity index (χ4v) is 0.808. The predicted molar refractivity (Wildman–Crippen MR) is 55.0 cm³/mol. The molecule has 14 heavy (non-hydrogen) atoms. The van der Waals surface area contributed by atoms with Gasteiger partial charge in [0, 0.05) is 20.2 Å². The van der Waals surface area contributed by atoms with Crippen LogP contribution in [0.25, 0.3) is 0 Å². The van der Waals surface area contributed by atoms with Gasteiger partial charge in [0.2, 0.25) is 0 Å². The van der Waals surface area contributed by atoms with Crippen molar-refractivity contribution in [2.24, 2.45) is 0 Å². The first-order valence-corrected chi connectivity index (χ1v) is 4.05. The van der Waals surface area contributed by atoms with Crippen LogP contribution in [0.4, 0.5) is 16.2 Å². The Labute approximate surface area is 82.2 Å². The van der Waals surface area contributed by atoms with E-state index in [0.717, 1.165) is 0 Å². The highest BCUT2D eigenvalue weighted by atomic mass is 16.6. The van der Waals surface area contributed by atoms with E-state index in [1.807, 2.05) is 0 Å². The van der Waals surface area contributed by atoms with Crippen molar-refractivity contribution in [3.63, 3.8) is 0 Å². The minimum absolute atomic E-state index is 0.385. The van der Waals surface area contributed by atoms with Gasteiger partial charge in [-0.25, -0.2) is 4.79 Å². The van der Waals surface area contributed by atoms with E-state index in [2.05, 4.69) is 0 Å². The van der Waals surface area contributed by atoms with E-state index >= 15 is 0 Å². The summed E-state index contributed by atoms with van der Waals surface area (Å²) < 4.78 is 4.96. The van der Waals surface area contributed by atoms with E-state index in [-0.39, 0.29) is 0 Å². The van der Waals surface area contributed by atoms with Gasteiger partial charge >= 0.3 is 6.09 Å². The van der Waals surface area contributed by atoms with Crippen LogP contribution < -0.4 is 16.2 Å². The van der Waals surface area contributed by atoms with Crippen molar-refractivity contribution < 1.29 is 9.53 Å². The molecule has 0 aromatic heterocycles. The van der Waals surface area contributed by atoms with Gasteiger partial charge in [0.05, 0.1) is 11.4 Å². The van der Waals surface area contributed by atoms with Crippen molar-refractivity contribution in [3.05, 3.63) is 18.2 Å². The molecular formula is C9H13N3O2. The molecule has 0 aliphatic rings.